The Morgan fingerprint density at radius 3 is 2.90 bits per heavy atom. The molecule has 1 aliphatic heterocycles. The zero-order valence-electron chi connectivity index (χ0n) is 17.2. The Kier molecular flexibility index (Phi) is 6.91. The van der Waals surface area contributed by atoms with E-state index >= 15 is 0 Å². The van der Waals surface area contributed by atoms with E-state index in [9.17, 15) is 4.39 Å². The molecule has 0 saturated heterocycles. The lowest BCUT2D eigenvalue weighted by Gasteiger charge is -2.24. The monoisotopic (exact) mass is 442 g/mol. The van der Waals surface area contributed by atoms with E-state index in [0.717, 1.165) is 0 Å². The van der Waals surface area contributed by atoms with Crippen molar-refractivity contribution in [3.8, 4) is 5.75 Å². The Morgan fingerprint density at radius 1 is 1.45 bits per heavy atom. The molecule has 3 rings (SSSR count). The van der Waals surface area contributed by atoms with Gasteiger partial charge in [0, 0.05) is 59.2 Å². The predicted molar refractivity (Wildman–Crippen MR) is 123 cm³/mol. The highest BCUT2D eigenvalue weighted by Gasteiger charge is 2.21. The zero-order valence-corrected chi connectivity index (χ0v) is 18.0. The number of hydrogen-bond acceptors (Lipinski definition) is 7. The maximum atomic E-state index is 14.1. The lowest BCUT2D eigenvalue weighted by molar-refractivity contribution is 0.226. The molecule has 0 amide bonds. The molecule has 0 unspecified atom stereocenters. The minimum absolute atomic E-state index is 0.190. The molecule has 0 fully saturated rings. The quantitative estimate of drug-likeness (QED) is 0.457. The number of anilines is 1. The van der Waals surface area contributed by atoms with Crippen LogP contribution in [0.5, 0.6) is 5.75 Å². The van der Waals surface area contributed by atoms with Crippen LogP contribution in [-0.2, 0) is 0 Å². The number of fused-ring (bicyclic) bond motifs is 3. The van der Waals surface area contributed by atoms with Crippen molar-refractivity contribution >= 4 is 40.2 Å². The summed E-state index contributed by atoms with van der Waals surface area (Å²) in [5.74, 6) is 0.134. The first kappa shape index (κ1) is 22.3. The fraction of sp³-hybridized carbons (Fsp3) is 0.227. The molecule has 0 radical (unpaired) electrons. The largest absolute Gasteiger partial charge is 0.482 e. The summed E-state index contributed by atoms with van der Waals surface area (Å²) >= 11 is 5.86. The molecule has 1 atom stereocenters. The van der Waals surface area contributed by atoms with Gasteiger partial charge in [0.25, 0.3) is 0 Å². The molecule has 1 aromatic heterocycles. The van der Waals surface area contributed by atoms with E-state index in [4.69, 9.17) is 32.9 Å². The van der Waals surface area contributed by atoms with Crippen LogP contribution in [0.2, 0.25) is 0 Å². The molecule has 6 N–H and O–H groups in total. The summed E-state index contributed by atoms with van der Waals surface area (Å²) in [5, 5.41) is 22.0. The SMILES string of the molecule is CCN/C1=C(\C=N)CN/C(=C\C(=N)Cl)c2ccc(F)cc2[C@@H](C)Oc2cc1cnc2N. The van der Waals surface area contributed by atoms with Crippen LogP contribution in [-0.4, -0.2) is 29.5 Å². The average Bonchev–Trinajstić information content (AvgIpc) is 2.73. The molecule has 2 bridgehead atoms. The Bertz CT molecular complexity index is 1080. The van der Waals surface area contributed by atoms with Gasteiger partial charge in [-0.05, 0) is 44.2 Å². The van der Waals surface area contributed by atoms with E-state index in [2.05, 4.69) is 15.6 Å². The van der Waals surface area contributed by atoms with E-state index in [1.807, 2.05) is 6.92 Å². The standard InChI is InChI=1S/C22H24ClFN6O/c1-3-28-21-13-6-19(22(27)30-10-13)31-12(2)17-7-15(24)4-5-16(17)18(8-20(23)26)29-11-14(21)9-25/h4-10,12,25-26,28-29H,3,11H2,1-2H3,(H2,27,30)/b18-8-,21-14+,25-9?,26-20?/t12-/m1/s1. The third-order valence-corrected chi connectivity index (χ3v) is 4.91. The van der Waals surface area contributed by atoms with Crippen molar-refractivity contribution < 1.29 is 9.13 Å². The van der Waals surface area contributed by atoms with Gasteiger partial charge < -0.3 is 26.5 Å². The van der Waals surface area contributed by atoms with Gasteiger partial charge in [0.15, 0.2) is 11.6 Å². The Hall–Kier alpha value is -3.39. The first-order valence-electron chi connectivity index (χ1n) is 9.73. The molecule has 0 saturated carbocycles. The Balaban J connectivity index is 2.27. The van der Waals surface area contributed by atoms with Crippen LogP contribution in [0.15, 0.2) is 42.1 Å². The van der Waals surface area contributed by atoms with Gasteiger partial charge in [-0.2, -0.15) is 0 Å². The van der Waals surface area contributed by atoms with E-state index in [1.165, 1.54) is 24.4 Å². The third kappa shape index (κ3) is 5.03. The fourth-order valence-corrected chi connectivity index (χ4v) is 3.50. The van der Waals surface area contributed by atoms with Gasteiger partial charge in [0.1, 0.15) is 17.1 Å². The Morgan fingerprint density at radius 2 is 2.23 bits per heavy atom. The summed E-state index contributed by atoms with van der Waals surface area (Å²) in [6, 6.07) is 6.07. The number of aromatic nitrogens is 1. The van der Waals surface area contributed by atoms with E-state index < -0.39 is 11.9 Å². The number of rotatable bonds is 4. The Labute approximate surface area is 185 Å². The van der Waals surface area contributed by atoms with E-state index in [-0.39, 0.29) is 17.5 Å². The second-order valence-electron chi connectivity index (χ2n) is 6.93. The molecule has 7 nitrogen and oxygen atoms in total. The van der Waals surface area contributed by atoms with Gasteiger partial charge in [-0.25, -0.2) is 9.37 Å². The molecule has 31 heavy (non-hydrogen) atoms. The lowest BCUT2D eigenvalue weighted by Crippen LogP contribution is -2.24. The number of nitrogen functional groups attached to an aromatic ring is 1. The molecular formula is C22H24ClFN6O. The van der Waals surface area contributed by atoms with Crippen LogP contribution in [0.3, 0.4) is 0 Å². The number of halogens is 2. The summed E-state index contributed by atoms with van der Waals surface area (Å²) in [4.78, 5) is 4.24. The zero-order chi connectivity index (χ0) is 22.5. The van der Waals surface area contributed by atoms with Crippen molar-refractivity contribution in [2.24, 2.45) is 0 Å². The summed E-state index contributed by atoms with van der Waals surface area (Å²) in [6.07, 6.45) is 3.72. The van der Waals surface area contributed by atoms with Crippen LogP contribution >= 0.6 is 11.6 Å². The maximum absolute atomic E-state index is 14.1. The first-order chi connectivity index (χ1) is 14.8. The predicted octanol–water partition coefficient (Wildman–Crippen LogP) is 4.07. The van der Waals surface area contributed by atoms with Crippen LogP contribution in [0.25, 0.3) is 11.4 Å². The second kappa shape index (κ2) is 9.61. The summed E-state index contributed by atoms with van der Waals surface area (Å²) < 4.78 is 20.2. The number of nitrogens with one attached hydrogen (secondary N) is 4. The number of benzene rings is 1. The van der Waals surface area contributed by atoms with Crippen molar-refractivity contribution in [3.05, 3.63) is 64.6 Å². The van der Waals surface area contributed by atoms with E-state index in [0.29, 0.717) is 46.0 Å². The number of pyridine rings is 1. The smallest absolute Gasteiger partial charge is 0.166 e. The van der Waals surface area contributed by atoms with Crippen molar-refractivity contribution in [3.63, 3.8) is 0 Å². The highest BCUT2D eigenvalue weighted by molar-refractivity contribution is 6.68. The summed E-state index contributed by atoms with van der Waals surface area (Å²) in [7, 11) is 0. The first-order valence-corrected chi connectivity index (χ1v) is 10.1. The minimum Gasteiger partial charge on any atom is -0.482 e. The molecule has 0 aliphatic carbocycles. The van der Waals surface area contributed by atoms with Crippen LogP contribution in [0.1, 0.15) is 36.6 Å². The van der Waals surface area contributed by atoms with Crippen molar-refractivity contribution in [1.82, 2.24) is 15.6 Å². The molecular weight excluding hydrogens is 419 g/mol. The van der Waals surface area contributed by atoms with Gasteiger partial charge in [0.05, 0.1) is 0 Å². The van der Waals surface area contributed by atoms with Gasteiger partial charge in [-0.3, -0.25) is 5.41 Å². The van der Waals surface area contributed by atoms with Crippen molar-refractivity contribution in [2.45, 2.75) is 20.0 Å². The van der Waals surface area contributed by atoms with Crippen molar-refractivity contribution in [2.75, 3.05) is 18.8 Å². The van der Waals surface area contributed by atoms with Gasteiger partial charge in [-0.15, -0.1) is 0 Å². The molecule has 1 aromatic carbocycles. The maximum Gasteiger partial charge on any atom is 0.166 e. The highest BCUT2D eigenvalue weighted by atomic mass is 35.5. The van der Waals surface area contributed by atoms with Crippen LogP contribution in [0, 0.1) is 16.6 Å². The average molecular weight is 443 g/mol. The molecule has 9 heteroatoms. The highest BCUT2D eigenvalue weighted by Crippen LogP contribution is 2.33. The van der Waals surface area contributed by atoms with Crippen LogP contribution < -0.4 is 21.1 Å². The number of hydrogen-bond donors (Lipinski definition) is 5. The minimum atomic E-state index is -0.576. The molecule has 1 aliphatic rings. The lowest BCUT2D eigenvalue weighted by atomic mass is 9.99. The summed E-state index contributed by atoms with van der Waals surface area (Å²) in [5.41, 5.74) is 9.78. The third-order valence-electron chi connectivity index (χ3n) is 4.81. The number of ether oxygens (including phenoxy) is 1. The molecule has 2 aromatic rings. The second-order valence-corrected chi connectivity index (χ2v) is 7.34. The van der Waals surface area contributed by atoms with Gasteiger partial charge in [-0.1, -0.05) is 11.6 Å². The van der Waals surface area contributed by atoms with Crippen molar-refractivity contribution in [1.29, 1.82) is 10.8 Å². The number of nitrogens with two attached hydrogens (primary N) is 1. The van der Waals surface area contributed by atoms with Gasteiger partial charge in [0.2, 0.25) is 0 Å². The number of nitrogens with zero attached hydrogens (tertiary/aromatic N) is 1. The van der Waals surface area contributed by atoms with Gasteiger partial charge >= 0.3 is 0 Å². The molecule has 162 valence electrons. The molecule has 0 spiro atoms. The molecule has 2 heterocycles. The number of allylic oxidation sites excluding steroid dienone is 1. The van der Waals surface area contributed by atoms with Crippen LogP contribution in [0.4, 0.5) is 10.2 Å². The normalized spacial score (nSPS) is 19.9. The van der Waals surface area contributed by atoms with E-state index in [1.54, 1.807) is 25.3 Å². The topological polar surface area (TPSA) is 120 Å². The summed E-state index contributed by atoms with van der Waals surface area (Å²) in [6.45, 7) is 4.62. The fourth-order valence-electron chi connectivity index (χ4n) is 3.39.